The van der Waals surface area contributed by atoms with E-state index in [-0.39, 0.29) is 11.9 Å². The number of methoxy groups -OCH3 is 1. The molecule has 0 unspecified atom stereocenters. The molecule has 0 aliphatic carbocycles. The van der Waals surface area contributed by atoms with Crippen LogP contribution >= 0.6 is 0 Å². The monoisotopic (exact) mass is 368 g/mol. The standard InChI is InChI=1S/C20H24N4O3/c1-27-20(26)15-10-8-14(9-11-15)19(25)23-13-5-6-16(23)18-22-21-17-7-3-2-4-12-24(17)18/h8-11,16H,2-7,12-13H2,1H3/t16-/m1/s1. The number of amides is 1. The highest BCUT2D eigenvalue weighted by molar-refractivity contribution is 5.96. The van der Waals surface area contributed by atoms with Gasteiger partial charge in [-0.3, -0.25) is 4.79 Å². The third-order valence-electron chi connectivity index (χ3n) is 5.50. The van der Waals surface area contributed by atoms with Crippen LogP contribution in [0, 0.1) is 0 Å². The number of carbonyl (C=O) groups is 2. The van der Waals surface area contributed by atoms with Crippen LogP contribution in [0.5, 0.6) is 0 Å². The van der Waals surface area contributed by atoms with Crippen molar-refractivity contribution in [3.63, 3.8) is 0 Å². The Bertz CT molecular complexity index is 843. The zero-order chi connectivity index (χ0) is 18.8. The van der Waals surface area contributed by atoms with Gasteiger partial charge >= 0.3 is 5.97 Å². The molecule has 142 valence electrons. The Morgan fingerprint density at radius 2 is 1.78 bits per heavy atom. The molecule has 2 aliphatic heterocycles. The fraction of sp³-hybridized carbons (Fsp3) is 0.500. The van der Waals surface area contributed by atoms with Gasteiger partial charge in [0, 0.05) is 25.1 Å². The Labute approximate surface area is 158 Å². The van der Waals surface area contributed by atoms with Crippen molar-refractivity contribution in [2.24, 2.45) is 0 Å². The maximum Gasteiger partial charge on any atom is 0.337 e. The summed E-state index contributed by atoms with van der Waals surface area (Å²) in [7, 11) is 1.34. The van der Waals surface area contributed by atoms with Gasteiger partial charge in [-0.2, -0.15) is 0 Å². The molecule has 0 radical (unpaired) electrons. The van der Waals surface area contributed by atoms with Crippen LogP contribution in [0.1, 0.15) is 70.5 Å². The van der Waals surface area contributed by atoms with Gasteiger partial charge in [-0.25, -0.2) is 4.79 Å². The second-order valence-corrected chi connectivity index (χ2v) is 7.16. The lowest BCUT2D eigenvalue weighted by atomic mass is 10.1. The summed E-state index contributed by atoms with van der Waals surface area (Å²) in [5, 5.41) is 8.85. The zero-order valence-electron chi connectivity index (χ0n) is 15.6. The predicted molar refractivity (Wildman–Crippen MR) is 98.4 cm³/mol. The highest BCUT2D eigenvalue weighted by atomic mass is 16.5. The lowest BCUT2D eigenvalue weighted by Gasteiger charge is -2.25. The molecule has 2 aromatic rings. The molecule has 1 saturated heterocycles. The van der Waals surface area contributed by atoms with E-state index >= 15 is 0 Å². The van der Waals surface area contributed by atoms with Crippen LogP contribution in [0.2, 0.25) is 0 Å². The van der Waals surface area contributed by atoms with Gasteiger partial charge in [0.05, 0.1) is 18.7 Å². The number of benzene rings is 1. The Hall–Kier alpha value is -2.70. The van der Waals surface area contributed by atoms with Crippen LogP contribution in [-0.2, 0) is 17.7 Å². The van der Waals surface area contributed by atoms with Crippen molar-refractivity contribution in [2.45, 2.75) is 51.1 Å². The number of ether oxygens (including phenoxy) is 1. The first kappa shape index (κ1) is 17.7. The van der Waals surface area contributed by atoms with Gasteiger partial charge < -0.3 is 14.2 Å². The number of rotatable bonds is 3. The summed E-state index contributed by atoms with van der Waals surface area (Å²) in [4.78, 5) is 26.6. The number of hydrogen-bond donors (Lipinski definition) is 0. The molecule has 1 atom stereocenters. The Morgan fingerprint density at radius 1 is 1.00 bits per heavy atom. The van der Waals surface area contributed by atoms with E-state index in [1.165, 1.54) is 13.5 Å². The van der Waals surface area contributed by atoms with Crippen molar-refractivity contribution in [3.8, 4) is 0 Å². The number of esters is 1. The fourth-order valence-electron chi connectivity index (χ4n) is 4.06. The highest BCUT2D eigenvalue weighted by Crippen LogP contribution is 2.33. The molecular weight excluding hydrogens is 344 g/mol. The third-order valence-corrected chi connectivity index (χ3v) is 5.50. The Kier molecular flexibility index (Phi) is 4.92. The summed E-state index contributed by atoms with van der Waals surface area (Å²) in [6, 6.07) is 6.61. The topological polar surface area (TPSA) is 77.3 Å². The van der Waals surface area contributed by atoms with Crippen LogP contribution < -0.4 is 0 Å². The molecule has 1 fully saturated rings. The molecule has 27 heavy (non-hydrogen) atoms. The molecule has 2 aliphatic rings. The quantitative estimate of drug-likeness (QED) is 0.779. The minimum atomic E-state index is -0.404. The van der Waals surface area contributed by atoms with Crippen LogP contribution in [0.4, 0.5) is 0 Å². The molecule has 0 saturated carbocycles. The van der Waals surface area contributed by atoms with Crippen molar-refractivity contribution in [1.29, 1.82) is 0 Å². The summed E-state index contributed by atoms with van der Waals surface area (Å²) < 4.78 is 6.94. The normalized spacial score (nSPS) is 19.4. The van der Waals surface area contributed by atoms with Gasteiger partial charge in [-0.15, -0.1) is 10.2 Å². The SMILES string of the molecule is COC(=O)c1ccc(C(=O)N2CCC[C@@H]2c2nnc3n2CCCCC3)cc1. The molecule has 3 heterocycles. The fourth-order valence-corrected chi connectivity index (χ4v) is 4.06. The van der Waals surface area contributed by atoms with Crippen molar-refractivity contribution >= 4 is 11.9 Å². The van der Waals surface area contributed by atoms with E-state index in [2.05, 4.69) is 14.8 Å². The van der Waals surface area contributed by atoms with E-state index in [0.29, 0.717) is 17.7 Å². The summed E-state index contributed by atoms with van der Waals surface area (Å²) in [5.74, 6) is 1.53. The lowest BCUT2D eigenvalue weighted by molar-refractivity contribution is 0.0599. The smallest absolute Gasteiger partial charge is 0.337 e. The van der Waals surface area contributed by atoms with Crippen molar-refractivity contribution < 1.29 is 14.3 Å². The minimum Gasteiger partial charge on any atom is -0.465 e. The molecule has 0 spiro atoms. The van der Waals surface area contributed by atoms with Gasteiger partial charge in [0.15, 0.2) is 5.82 Å². The van der Waals surface area contributed by atoms with Crippen LogP contribution in [-0.4, -0.2) is 45.2 Å². The number of likely N-dealkylation sites (tertiary alicyclic amines) is 1. The first-order valence-corrected chi connectivity index (χ1v) is 9.60. The summed E-state index contributed by atoms with van der Waals surface area (Å²) in [5.41, 5.74) is 1.01. The highest BCUT2D eigenvalue weighted by Gasteiger charge is 2.34. The number of nitrogens with zero attached hydrogens (tertiary/aromatic N) is 4. The number of aryl methyl sites for hydroxylation is 1. The van der Waals surface area contributed by atoms with Gasteiger partial charge in [0.2, 0.25) is 0 Å². The summed E-state index contributed by atoms with van der Waals surface area (Å²) in [6.45, 7) is 1.65. The molecule has 1 aromatic heterocycles. The van der Waals surface area contributed by atoms with Gasteiger partial charge in [-0.05, 0) is 49.9 Å². The number of fused-ring (bicyclic) bond motifs is 1. The first-order chi connectivity index (χ1) is 13.2. The average molecular weight is 368 g/mol. The minimum absolute atomic E-state index is 0.0279. The van der Waals surface area contributed by atoms with Gasteiger partial charge in [0.25, 0.3) is 5.91 Å². The predicted octanol–water partition coefficient (Wildman–Crippen LogP) is 2.77. The maximum absolute atomic E-state index is 13.1. The molecular formula is C20H24N4O3. The molecule has 0 N–H and O–H groups in total. The summed E-state index contributed by atoms with van der Waals surface area (Å²) >= 11 is 0. The number of carbonyl (C=O) groups excluding carboxylic acids is 2. The number of hydrogen-bond acceptors (Lipinski definition) is 5. The molecule has 4 rings (SSSR count). The average Bonchev–Trinajstić information content (AvgIpc) is 3.27. The van der Waals surface area contributed by atoms with Crippen molar-refractivity contribution in [2.75, 3.05) is 13.7 Å². The van der Waals surface area contributed by atoms with Crippen molar-refractivity contribution in [3.05, 3.63) is 47.0 Å². The van der Waals surface area contributed by atoms with Gasteiger partial charge in [0.1, 0.15) is 5.82 Å². The van der Waals surface area contributed by atoms with Crippen LogP contribution in [0.15, 0.2) is 24.3 Å². The van der Waals surface area contributed by atoms with E-state index in [1.54, 1.807) is 24.3 Å². The van der Waals surface area contributed by atoms with Crippen LogP contribution in [0.3, 0.4) is 0 Å². The largest absolute Gasteiger partial charge is 0.465 e. The molecule has 7 nitrogen and oxygen atoms in total. The second-order valence-electron chi connectivity index (χ2n) is 7.16. The second kappa shape index (κ2) is 7.50. The van der Waals surface area contributed by atoms with E-state index in [9.17, 15) is 9.59 Å². The first-order valence-electron chi connectivity index (χ1n) is 9.60. The lowest BCUT2D eigenvalue weighted by Crippen LogP contribution is -2.32. The molecule has 1 aromatic carbocycles. The molecule has 7 heteroatoms. The Balaban J connectivity index is 1.57. The molecule has 1 amide bonds. The van der Waals surface area contributed by atoms with Gasteiger partial charge in [-0.1, -0.05) is 6.42 Å². The van der Waals surface area contributed by atoms with E-state index in [4.69, 9.17) is 4.74 Å². The van der Waals surface area contributed by atoms with E-state index in [0.717, 1.165) is 50.3 Å². The third kappa shape index (κ3) is 3.34. The van der Waals surface area contributed by atoms with Crippen molar-refractivity contribution in [1.82, 2.24) is 19.7 Å². The maximum atomic E-state index is 13.1. The Morgan fingerprint density at radius 3 is 2.56 bits per heavy atom. The van der Waals surface area contributed by atoms with E-state index in [1.807, 2.05) is 4.90 Å². The zero-order valence-corrected chi connectivity index (χ0v) is 15.6. The van der Waals surface area contributed by atoms with E-state index < -0.39 is 5.97 Å². The summed E-state index contributed by atoms with van der Waals surface area (Å²) in [6.07, 6.45) is 6.32. The number of aromatic nitrogens is 3. The van der Waals surface area contributed by atoms with Crippen LogP contribution in [0.25, 0.3) is 0 Å². The molecule has 0 bridgehead atoms.